The molecule has 0 radical (unpaired) electrons. The Hall–Kier alpha value is -1.68. The number of benzene rings is 1. The second-order valence-corrected chi connectivity index (χ2v) is 5.88. The van der Waals surface area contributed by atoms with Crippen LogP contribution in [0.15, 0.2) is 35.0 Å². The van der Waals surface area contributed by atoms with Gasteiger partial charge in [-0.05, 0) is 58.8 Å². The lowest BCUT2D eigenvalue weighted by atomic mass is 10.1. The molecule has 0 fully saturated rings. The summed E-state index contributed by atoms with van der Waals surface area (Å²) >= 11 is 1.64. The summed E-state index contributed by atoms with van der Waals surface area (Å²) in [6, 6.07) is 7.12. The van der Waals surface area contributed by atoms with E-state index in [4.69, 9.17) is 0 Å². The zero-order valence-corrected chi connectivity index (χ0v) is 11.9. The van der Waals surface area contributed by atoms with Gasteiger partial charge < -0.3 is 5.32 Å². The quantitative estimate of drug-likeness (QED) is 0.915. The fraction of sp³-hybridized carbons (Fsp3) is 0.312. The van der Waals surface area contributed by atoms with E-state index >= 15 is 0 Å². The van der Waals surface area contributed by atoms with E-state index in [1.165, 1.54) is 11.6 Å². The van der Waals surface area contributed by atoms with E-state index in [-0.39, 0.29) is 17.8 Å². The van der Waals surface area contributed by atoms with Gasteiger partial charge in [0, 0.05) is 6.42 Å². The summed E-state index contributed by atoms with van der Waals surface area (Å²) in [6.07, 6.45) is 2.74. The number of hydrogen-bond acceptors (Lipinski definition) is 2. The molecule has 20 heavy (non-hydrogen) atoms. The van der Waals surface area contributed by atoms with Gasteiger partial charge in [0.15, 0.2) is 0 Å². The van der Waals surface area contributed by atoms with Crippen molar-refractivity contribution in [1.82, 2.24) is 5.32 Å². The number of fused-ring (bicyclic) bond motifs is 1. The number of rotatable bonds is 4. The molecule has 0 aliphatic heterocycles. The molecule has 2 nitrogen and oxygen atoms in total. The van der Waals surface area contributed by atoms with Gasteiger partial charge in [0.2, 0.25) is 5.91 Å². The largest absolute Gasteiger partial charge is 0.349 e. The van der Waals surface area contributed by atoms with Gasteiger partial charge in [0.25, 0.3) is 0 Å². The molecule has 2 aromatic rings. The van der Waals surface area contributed by atoms with Crippen LogP contribution in [0.25, 0.3) is 0 Å². The van der Waals surface area contributed by atoms with Crippen molar-refractivity contribution in [3.05, 3.63) is 57.5 Å². The smallest absolute Gasteiger partial charge is 0.220 e. The van der Waals surface area contributed by atoms with Crippen LogP contribution in [0.2, 0.25) is 0 Å². The summed E-state index contributed by atoms with van der Waals surface area (Å²) in [5, 5.41) is 7.10. The molecule has 0 saturated heterocycles. The lowest BCUT2D eigenvalue weighted by Crippen LogP contribution is -2.27. The Balaban J connectivity index is 1.60. The molecule has 1 unspecified atom stereocenters. The molecular formula is C16H16FNOS. The van der Waals surface area contributed by atoms with Crippen LogP contribution in [-0.2, 0) is 17.6 Å². The molecule has 0 saturated carbocycles. The van der Waals surface area contributed by atoms with E-state index in [1.54, 1.807) is 17.4 Å². The van der Waals surface area contributed by atoms with E-state index < -0.39 is 0 Å². The molecule has 1 N–H and O–H groups in total. The Kier molecular flexibility index (Phi) is 3.83. The molecule has 1 heterocycles. The number of aryl methyl sites for hydroxylation is 1. The number of carbonyl (C=O) groups excluding carboxylic acids is 1. The summed E-state index contributed by atoms with van der Waals surface area (Å²) in [5.41, 5.74) is 2.90. The second kappa shape index (κ2) is 5.75. The number of amides is 1. The molecule has 1 amide bonds. The van der Waals surface area contributed by atoms with Crippen molar-refractivity contribution in [3.8, 4) is 0 Å². The first kappa shape index (κ1) is 13.3. The van der Waals surface area contributed by atoms with Gasteiger partial charge in [0.1, 0.15) is 5.82 Å². The van der Waals surface area contributed by atoms with Gasteiger partial charge in [-0.15, -0.1) is 0 Å². The Labute approximate surface area is 121 Å². The Morgan fingerprint density at radius 3 is 3.10 bits per heavy atom. The number of hydrogen-bond donors (Lipinski definition) is 1. The van der Waals surface area contributed by atoms with Crippen LogP contribution in [0.5, 0.6) is 0 Å². The highest BCUT2D eigenvalue weighted by molar-refractivity contribution is 7.07. The van der Waals surface area contributed by atoms with Crippen LogP contribution >= 0.6 is 11.3 Å². The second-order valence-electron chi connectivity index (χ2n) is 5.10. The third-order valence-corrected chi connectivity index (χ3v) is 4.50. The zero-order valence-electron chi connectivity index (χ0n) is 11.1. The van der Waals surface area contributed by atoms with Crippen molar-refractivity contribution in [2.45, 2.75) is 31.7 Å². The molecule has 1 aromatic carbocycles. The first-order valence-corrected chi connectivity index (χ1v) is 7.76. The van der Waals surface area contributed by atoms with Crippen LogP contribution in [0.4, 0.5) is 4.39 Å². The van der Waals surface area contributed by atoms with E-state index in [0.29, 0.717) is 12.8 Å². The molecule has 1 atom stereocenters. The molecular weight excluding hydrogens is 273 g/mol. The van der Waals surface area contributed by atoms with Gasteiger partial charge >= 0.3 is 0 Å². The molecule has 1 aromatic heterocycles. The van der Waals surface area contributed by atoms with Gasteiger partial charge in [-0.3, -0.25) is 4.79 Å². The normalized spacial score (nSPS) is 16.9. The predicted octanol–water partition coefficient (Wildman–Crippen LogP) is 3.62. The number of carbonyl (C=O) groups is 1. The van der Waals surface area contributed by atoms with E-state index in [1.807, 2.05) is 17.5 Å². The minimum absolute atomic E-state index is 0.0318. The molecule has 1 aliphatic rings. The predicted molar refractivity (Wildman–Crippen MR) is 78.2 cm³/mol. The number of nitrogens with one attached hydrogen (secondary N) is 1. The maximum absolute atomic E-state index is 13.6. The van der Waals surface area contributed by atoms with Crippen molar-refractivity contribution in [1.29, 1.82) is 0 Å². The van der Waals surface area contributed by atoms with E-state index in [2.05, 4.69) is 10.7 Å². The summed E-state index contributed by atoms with van der Waals surface area (Å²) in [4.78, 5) is 12.0. The maximum atomic E-state index is 13.6. The molecule has 0 bridgehead atoms. The van der Waals surface area contributed by atoms with Crippen LogP contribution < -0.4 is 5.32 Å². The first-order valence-electron chi connectivity index (χ1n) is 6.82. The van der Waals surface area contributed by atoms with Crippen molar-refractivity contribution >= 4 is 17.2 Å². The SMILES string of the molecule is O=C(CCc1ccsc1)NC1CCc2c(F)cccc21. The van der Waals surface area contributed by atoms with Crippen LogP contribution in [0.3, 0.4) is 0 Å². The van der Waals surface area contributed by atoms with Crippen molar-refractivity contribution < 1.29 is 9.18 Å². The van der Waals surface area contributed by atoms with Crippen LogP contribution in [0.1, 0.15) is 35.6 Å². The van der Waals surface area contributed by atoms with Gasteiger partial charge in [-0.1, -0.05) is 12.1 Å². The Morgan fingerprint density at radius 1 is 1.40 bits per heavy atom. The van der Waals surface area contributed by atoms with Gasteiger partial charge in [-0.2, -0.15) is 11.3 Å². The summed E-state index contributed by atoms with van der Waals surface area (Å²) < 4.78 is 13.6. The summed E-state index contributed by atoms with van der Waals surface area (Å²) in [6.45, 7) is 0. The fourth-order valence-corrected chi connectivity index (χ4v) is 3.42. The van der Waals surface area contributed by atoms with Crippen LogP contribution in [-0.4, -0.2) is 5.91 Å². The van der Waals surface area contributed by atoms with Gasteiger partial charge in [0.05, 0.1) is 6.04 Å². The summed E-state index contributed by atoms with van der Waals surface area (Å²) in [5.74, 6) is -0.115. The fourth-order valence-electron chi connectivity index (χ4n) is 2.72. The minimum Gasteiger partial charge on any atom is -0.349 e. The highest BCUT2D eigenvalue weighted by Crippen LogP contribution is 2.32. The van der Waals surface area contributed by atoms with Crippen LogP contribution in [0, 0.1) is 5.82 Å². The van der Waals surface area contributed by atoms with Gasteiger partial charge in [-0.25, -0.2) is 4.39 Å². The third kappa shape index (κ3) is 2.75. The molecule has 3 rings (SSSR count). The lowest BCUT2D eigenvalue weighted by Gasteiger charge is -2.14. The van der Waals surface area contributed by atoms with Crippen molar-refractivity contribution in [3.63, 3.8) is 0 Å². The molecule has 1 aliphatic carbocycles. The van der Waals surface area contributed by atoms with Crippen molar-refractivity contribution in [2.24, 2.45) is 0 Å². The zero-order chi connectivity index (χ0) is 13.9. The molecule has 104 valence electrons. The van der Waals surface area contributed by atoms with E-state index in [0.717, 1.165) is 24.0 Å². The maximum Gasteiger partial charge on any atom is 0.220 e. The lowest BCUT2D eigenvalue weighted by molar-refractivity contribution is -0.121. The average Bonchev–Trinajstić information content (AvgIpc) is 3.07. The highest BCUT2D eigenvalue weighted by atomic mass is 32.1. The Morgan fingerprint density at radius 2 is 2.30 bits per heavy atom. The monoisotopic (exact) mass is 289 g/mol. The van der Waals surface area contributed by atoms with Crippen molar-refractivity contribution in [2.75, 3.05) is 0 Å². The minimum atomic E-state index is -0.155. The highest BCUT2D eigenvalue weighted by Gasteiger charge is 2.25. The standard InChI is InChI=1S/C16H16FNOS/c17-14-3-1-2-13-12(14)5-6-15(13)18-16(19)7-4-11-8-9-20-10-11/h1-3,8-10,15H,4-7H2,(H,18,19). The summed E-state index contributed by atoms with van der Waals surface area (Å²) in [7, 11) is 0. The van der Waals surface area contributed by atoms with E-state index in [9.17, 15) is 9.18 Å². The molecule has 4 heteroatoms. The number of thiophene rings is 1. The Bertz CT molecular complexity index is 609. The third-order valence-electron chi connectivity index (χ3n) is 3.77. The number of halogens is 1. The first-order chi connectivity index (χ1) is 9.74. The topological polar surface area (TPSA) is 29.1 Å². The molecule has 0 spiro atoms. The average molecular weight is 289 g/mol.